The van der Waals surface area contributed by atoms with Gasteiger partial charge in [0.1, 0.15) is 12.3 Å². The first-order valence-electron chi connectivity index (χ1n) is 12.5. The van der Waals surface area contributed by atoms with Crippen LogP contribution in [0.15, 0.2) is 65.4 Å². The number of rotatable bonds is 9. The van der Waals surface area contributed by atoms with Crippen LogP contribution in [0.1, 0.15) is 35.9 Å². The Bertz CT molecular complexity index is 1090. The summed E-state index contributed by atoms with van der Waals surface area (Å²) in [5.74, 6) is -0.342. The van der Waals surface area contributed by atoms with Crippen LogP contribution in [0, 0.1) is 5.92 Å². The summed E-state index contributed by atoms with van der Waals surface area (Å²) in [5, 5.41) is 24.2. The molecule has 0 spiro atoms. The Morgan fingerprint density at radius 1 is 1.03 bits per heavy atom. The van der Waals surface area contributed by atoms with Crippen molar-refractivity contribution < 1.29 is 33.8 Å². The number of fused-ring (bicyclic) bond motifs is 3. The van der Waals surface area contributed by atoms with Gasteiger partial charge in [0.2, 0.25) is 5.60 Å². The van der Waals surface area contributed by atoms with Crippen molar-refractivity contribution in [1.29, 1.82) is 0 Å². The molecule has 5 heterocycles. The van der Waals surface area contributed by atoms with Gasteiger partial charge in [0, 0.05) is 31.1 Å². The van der Waals surface area contributed by atoms with Gasteiger partial charge in [0.15, 0.2) is 6.10 Å². The highest BCUT2D eigenvalue weighted by Crippen LogP contribution is 2.40. The molecule has 0 saturated carbocycles. The molecular formula is C28H33NO6S2. The summed E-state index contributed by atoms with van der Waals surface area (Å²) < 4.78 is 13.0. The number of carbonyl (C=O) groups is 2. The number of ether oxygens (including phenoxy) is 2. The van der Waals surface area contributed by atoms with E-state index in [2.05, 4.69) is 0 Å². The number of benzene rings is 1. The molecule has 37 heavy (non-hydrogen) atoms. The summed E-state index contributed by atoms with van der Waals surface area (Å²) in [5.41, 5.74) is -1.73. The number of esters is 1. The molecule has 3 aliphatic rings. The SMILES string of the molecule is CC(=O)[O-].O=C(OC1C[N+]2(CCCOc3ccccc3)CCC1CC2)C(O)(c1cccs1)c1cccs1. The smallest absolute Gasteiger partial charge is 0.349 e. The van der Waals surface area contributed by atoms with Gasteiger partial charge in [-0.05, 0) is 41.9 Å². The number of hydrogen-bond donors (Lipinski definition) is 1. The zero-order valence-corrected chi connectivity index (χ0v) is 22.5. The van der Waals surface area contributed by atoms with Gasteiger partial charge in [-0.2, -0.15) is 0 Å². The van der Waals surface area contributed by atoms with Crippen LogP contribution in [0.4, 0.5) is 0 Å². The van der Waals surface area contributed by atoms with Gasteiger partial charge in [0.25, 0.3) is 0 Å². The molecule has 1 unspecified atom stereocenters. The summed E-state index contributed by atoms with van der Waals surface area (Å²) in [7, 11) is 0. The fourth-order valence-electron chi connectivity index (χ4n) is 5.29. The van der Waals surface area contributed by atoms with Gasteiger partial charge < -0.3 is 29.0 Å². The molecule has 0 amide bonds. The molecule has 1 aromatic carbocycles. The largest absolute Gasteiger partial charge is 0.550 e. The maximum absolute atomic E-state index is 13.4. The molecule has 2 bridgehead atoms. The highest BCUT2D eigenvalue weighted by molar-refractivity contribution is 7.12. The Balaban J connectivity index is 0.000000747. The monoisotopic (exact) mass is 543 g/mol. The summed E-state index contributed by atoms with van der Waals surface area (Å²) in [4.78, 5) is 23.5. The molecule has 6 rings (SSSR count). The number of para-hydroxylation sites is 1. The van der Waals surface area contributed by atoms with E-state index in [1.54, 1.807) is 0 Å². The van der Waals surface area contributed by atoms with Gasteiger partial charge >= 0.3 is 5.97 Å². The van der Waals surface area contributed by atoms with E-state index in [1.165, 1.54) is 22.7 Å². The number of hydrogen-bond acceptors (Lipinski definition) is 8. The number of carboxylic acids is 1. The van der Waals surface area contributed by atoms with E-state index in [4.69, 9.17) is 19.4 Å². The molecule has 2 aromatic heterocycles. The molecule has 1 atom stereocenters. The maximum atomic E-state index is 13.4. The maximum Gasteiger partial charge on any atom is 0.349 e. The van der Waals surface area contributed by atoms with Crippen LogP contribution in [0.2, 0.25) is 0 Å². The Morgan fingerprint density at radius 2 is 1.62 bits per heavy atom. The number of carboxylic acid groups (broad SMARTS) is 1. The molecule has 7 nitrogen and oxygen atoms in total. The highest BCUT2D eigenvalue weighted by atomic mass is 32.1. The fourth-order valence-corrected chi connectivity index (χ4v) is 7.00. The van der Waals surface area contributed by atoms with Gasteiger partial charge in [-0.1, -0.05) is 30.3 Å². The lowest BCUT2D eigenvalue weighted by Gasteiger charge is -2.52. The second-order valence-corrected chi connectivity index (χ2v) is 11.5. The van der Waals surface area contributed by atoms with Gasteiger partial charge in [-0.25, -0.2) is 4.79 Å². The quantitative estimate of drug-likeness (QED) is 0.252. The predicted octanol–water partition coefficient (Wildman–Crippen LogP) is 3.42. The summed E-state index contributed by atoms with van der Waals surface area (Å²) >= 11 is 2.77. The fraction of sp³-hybridized carbons (Fsp3) is 0.429. The van der Waals surface area contributed by atoms with E-state index in [-0.39, 0.29) is 6.10 Å². The molecule has 3 fully saturated rings. The van der Waals surface area contributed by atoms with E-state index >= 15 is 0 Å². The van der Waals surface area contributed by atoms with Crippen LogP contribution in [-0.2, 0) is 19.9 Å². The zero-order chi connectivity index (χ0) is 26.3. The van der Waals surface area contributed by atoms with Crippen molar-refractivity contribution in [3.63, 3.8) is 0 Å². The lowest BCUT2D eigenvalue weighted by atomic mass is 9.83. The molecule has 198 valence electrons. The van der Waals surface area contributed by atoms with Crippen LogP contribution in [0.25, 0.3) is 0 Å². The molecule has 3 saturated heterocycles. The number of thiophene rings is 2. The molecule has 1 N–H and O–H groups in total. The van der Waals surface area contributed by atoms with Crippen LogP contribution >= 0.6 is 22.7 Å². The average Bonchev–Trinajstić information content (AvgIpc) is 3.63. The molecular weight excluding hydrogens is 510 g/mol. The third kappa shape index (κ3) is 6.59. The first-order chi connectivity index (χ1) is 17.8. The minimum Gasteiger partial charge on any atom is -0.550 e. The van der Waals surface area contributed by atoms with Crippen molar-refractivity contribution in [2.45, 2.75) is 37.9 Å². The van der Waals surface area contributed by atoms with Crippen molar-refractivity contribution in [1.82, 2.24) is 0 Å². The van der Waals surface area contributed by atoms with Crippen molar-refractivity contribution in [2.24, 2.45) is 5.92 Å². The Morgan fingerprint density at radius 3 is 2.16 bits per heavy atom. The Kier molecular flexibility index (Phi) is 9.02. The first kappa shape index (κ1) is 27.3. The van der Waals surface area contributed by atoms with Crippen molar-refractivity contribution >= 4 is 34.6 Å². The van der Waals surface area contributed by atoms with Crippen molar-refractivity contribution in [3.05, 3.63) is 75.1 Å². The van der Waals surface area contributed by atoms with Gasteiger partial charge in [-0.3, -0.25) is 0 Å². The molecule has 3 aliphatic heterocycles. The minimum atomic E-state index is -1.73. The van der Waals surface area contributed by atoms with Crippen molar-refractivity contribution in [3.8, 4) is 5.75 Å². The number of carbonyl (C=O) groups excluding carboxylic acids is 2. The number of quaternary nitrogens is 1. The second-order valence-electron chi connectivity index (χ2n) is 9.65. The number of nitrogens with zero attached hydrogens (tertiary/aromatic N) is 1. The highest BCUT2D eigenvalue weighted by Gasteiger charge is 2.51. The number of aliphatic carboxylic acids is 1. The number of piperidine rings is 3. The normalized spacial score (nSPS) is 22.5. The second kappa shape index (κ2) is 12.2. The van der Waals surface area contributed by atoms with Crippen LogP contribution in [-0.4, -0.2) is 60.4 Å². The predicted molar refractivity (Wildman–Crippen MR) is 141 cm³/mol. The van der Waals surface area contributed by atoms with E-state index in [9.17, 15) is 9.90 Å². The van der Waals surface area contributed by atoms with Crippen LogP contribution < -0.4 is 9.84 Å². The standard InChI is InChI=1S/C26H30NO4S2.C2H4O2/c28-25(26(29,23-9-4-17-32-23)24-10-5-18-33-24)31-22-19-27(14-11-20(22)12-15-27)13-6-16-30-21-7-2-1-3-8-21;1-2(3)4/h1-5,7-10,17-18,20,22,29H,6,11-16,19H2;1H3,(H,3,4)/q+1;/p-1. The van der Waals surface area contributed by atoms with E-state index in [1.807, 2.05) is 65.4 Å². The Labute approximate surface area is 225 Å². The summed E-state index contributed by atoms with van der Waals surface area (Å²) in [6, 6.07) is 17.3. The third-order valence-electron chi connectivity index (χ3n) is 7.14. The number of aliphatic hydroxyl groups is 1. The molecule has 0 radical (unpaired) electrons. The molecule has 9 heteroatoms. The first-order valence-corrected chi connectivity index (χ1v) is 14.3. The van der Waals surface area contributed by atoms with Gasteiger partial charge in [0.05, 0.1) is 36.0 Å². The lowest BCUT2D eigenvalue weighted by Crippen LogP contribution is -2.65. The topological polar surface area (TPSA) is 95.9 Å². The van der Waals surface area contributed by atoms with E-state index < -0.39 is 17.5 Å². The van der Waals surface area contributed by atoms with E-state index in [0.717, 1.165) is 62.6 Å². The van der Waals surface area contributed by atoms with Crippen LogP contribution in [0.5, 0.6) is 5.75 Å². The van der Waals surface area contributed by atoms with E-state index in [0.29, 0.717) is 22.3 Å². The summed E-state index contributed by atoms with van der Waals surface area (Å²) in [6.07, 6.45) is 2.94. The third-order valence-corrected chi connectivity index (χ3v) is 9.10. The zero-order valence-electron chi connectivity index (χ0n) is 20.9. The average molecular weight is 544 g/mol. The van der Waals surface area contributed by atoms with Crippen molar-refractivity contribution in [2.75, 3.05) is 32.8 Å². The molecule has 0 aliphatic carbocycles. The van der Waals surface area contributed by atoms with Gasteiger partial charge in [-0.15, -0.1) is 22.7 Å². The lowest BCUT2D eigenvalue weighted by molar-refractivity contribution is -0.946. The summed E-state index contributed by atoms with van der Waals surface area (Å²) in [6.45, 7) is 5.77. The van der Waals surface area contributed by atoms with Crippen LogP contribution in [0.3, 0.4) is 0 Å². The minimum absolute atomic E-state index is 0.151. The Hall–Kier alpha value is -2.72. The molecule has 3 aromatic rings.